The van der Waals surface area contributed by atoms with E-state index in [-0.39, 0.29) is 5.92 Å². The van der Waals surface area contributed by atoms with Crippen molar-refractivity contribution in [1.82, 2.24) is 5.32 Å². The minimum absolute atomic E-state index is 0.311. The summed E-state index contributed by atoms with van der Waals surface area (Å²) < 4.78 is 16.7. The van der Waals surface area contributed by atoms with Crippen LogP contribution < -0.4 is 10.1 Å². The number of carbonyl (C=O) groups is 1. The summed E-state index contributed by atoms with van der Waals surface area (Å²) in [5.74, 6) is 0.937. The first-order valence-electron chi connectivity index (χ1n) is 10.6. The number of nitrogens with one attached hydrogen (secondary N) is 1. The van der Waals surface area contributed by atoms with Crippen LogP contribution in [0.5, 0.6) is 5.75 Å². The Balaban J connectivity index is 1.81. The zero-order chi connectivity index (χ0) is 22.7. The Bertz CT molecular complexity index is 1210. The summed E-state index contributed by atoms with van der Waals surface area (Å²) in [6.07, 6.45) is 1.30. The van der Waals surface area contributed by atoms with E-state index in [1.54, 1.807) is 0 Å². The van der Waals surface area contributed by atoms with Crippen LogP contribution in [0.25, 0.3) is 10.8 Å². The molecule has 1 unspecified atom stereocenters. The van der Waals surface area contributed by atoms with E-state index in [0.29, 0.717) is 12.4 Å². The highest BCUT2D eigenvalue weighted by atomic mass is 16.7. The second kappa shape index (κ2) is 9.18. The summed E-state index contributed by atoms with van der Waals surface area (Å²) in [6, 6.07) is 20.5. The van der Waals surface area contributed by atoms with Gasteiger partial charge in [-0.15, -0.1) is 0 Å². The Hall–Kier alpha value is -3.73. The van der Waals surface area contributed by atoms with Gasteiger partial charge in [-0.3, -0.25) is 0 Å². The van der Waals surface area contributed by atoms with Crippen molar-refractivity contribution in [3.63, 3.8) is 0 Å². The van der Waals surface area contributed by atoms with E-state index < -0.39 is 6.16 Å². The maximum Gasteiger partial charge on any atom is 0.513 e. The maximum absolute atomic E-state index is 12.0. The minimum atomic E-state index is -0.749. The molecule has 0 spiro atoms. The van der Waals surface area contributed by atoms with Crippen molar-refractivity contribution in [2.75, 3.05) is 7.11 Å². The highest BCUT2D eigenvalue weighted by molar-refractivity contribution is 5.89. The number of benzene rings is 3. The second-order valence-corrected chi connectivity index (χ2v) is 7.97. The van der Waals surface area contributed by atoms with Gasteiger partial charge in [-0.25, -0.2) is 4.79 Å². The lowest BCUT2D eigenvalue weighted by Gasteiger charge is -2.28. The molecule has 5 heteroatoms. The predicted octanol–water partition coefficient (Wildman–Crippen LogP) is 6.33. The van der Waals surface area contributed by atoms with E-state index >= 15 is 0 Å². The SMILES string of the molecule is COC(=O)OC1=C(C)NC(C)=CC1c1c(OCc2ccc(C)cc2)ccc2ccccc12. The van der Waals surface area contributed by atoms with Gasteiger partial charge in [0.05, 0.1) is 18.7 Å². The molecule has 5 nitrogen and oxygen atoms in total. The first-order chi connectivity index (χ1) is 15.5. The van der Waals surface area contributed by atoms with Crippen LogP contribution in [0.4, 0.5) is 4.79 Å². The zero-order valence-electron chi connectivity index (χ0n) is 18.8. The van der Waals surface area contributed by atoms with Crippen LogP contribution in [-0.4, -0.2) is 13.3 Å². The molecule has 3 aromatic carbocycles. The number of ether oxygens (including phenoxy) is 3. The fourth-order valence-corrected chi connectivity index (χ4v) is 4.01. The van der Waals surface area contributed by atoms with Crippen molar-refractivity contribution in [2.24, 2.45) is 0 Å². The molecule has 1 atom stereocenters. The largest absolute Gasteiger partial charge is 0.513 e. The number of carbonyl (C=O) groups excluding carboxylic acids is 1. The lowest BCUT2D eigenvalue weighted by atomic mass is 9.88. The highest BCUT2D eigenvalue weighted by Crippen LogP contribution is 2.42. The van der Waals surface area contributed by atoms with Gasteiger partial charge in [-0.1, -0.05) is 66.2 Å². The highest BCUT2D eigenvalue weighted by Gasteiger charge is 2.29. The second-order valence-electron chi connectivity index (χ2n) is 7.97. The molecule has 0 aliphatic carbocycles. The molecule has 0 saturated carbocycles. The Labute approximate surface area is 188 Å². The summed E-state index contributed by atoms with van der Waals surface area (Å²) in [4.78, 5) is 12.0. The molecule has 0 aromatic heterocycles. The van der Waals surface area contributed by atoms with Crippen molar-refractivity contribution in [1.29, 1.82) is 0 Å². The van der Waals surface area contributed by atoms with Crippen LogP contribution >= 0.6 is 0 Å². The molecule has 32 heavy (non-hydrogen) atoms. The van der Waals surface area contributed by atoms with E-state index in [1.165, 1.54) is 12.7 Å². The molecule has 1 aliphatic heterocycles. The molecule has 1 aliphatic rings. The van der Waals surface area contributed by atoms with Crippen LogP contribution in [0.1, 0.15) is 36.5 Å². The monoisotopic (exact) mass is 429 g/mol. The normalized spacial score (nSPS) is 15.8. The summed E-state index contributed by atoms with van der Waals surface area (Å²) in [6.45, 7) is 6.38. The first-order valence-corrected chi connectivity index (χ1v) is 10.6. The lowest BCUT2D eigenvalue weighted by molar-refractivity contribution is 0.0924. The van der Waals surface area contributed by atoms with E-state index in [1.807, 2.05) is 38.1 Å². The fraction of sp³-hybridized carbons (Fsp3) is 0.222. The summed E-state index contributed by atoms with van der Waals surface area (Å²) in [5.41, 5.74) is 4.99. The van der Waals surface area contributed by atoms with Crippen LogP contribution in [0.15, 0.2) is 83.9 Å². The van der Waals surface area contributed by atoms with Crippen LogP contribution in [0, 0.1) is 6.92 Å². The fourth-order valence-electron chi connectivity index (χ4n) is 4.01. The van der Waals surface area contributed by atoms with Gasteiger partial charge in [-0.05, 0) is 43.2 Å². The molecule has 0 amide bonds. The third-order valence-corrected chi connectivity index (χ3v) is 5.57. The summed E-state index contributed by atoms with van der Waals surface area (Å²) in [5, 5.41) is 5.39. The standard InChI is InChI=1S/C27H27NO4/c1-17-9-11-20(12-10-17)16-31-24-14-13-21-7-5-6-8-22(21)25(24)23-15-18(2)28-19(3)26(23)32-27(29)30-4/h5-15,23,28H,16H2,1-4H3. The van der Waals surface area contributed by atoms with E-state index in [2.05, 4.69) is 54.7 Å². The maximum atomic E-state index is 12.0. The van der Waals surface area contributed by atoms with Crippen molar-refractivity contribution < 1.29 is 19.0 Å². The number of aryl methyl sites for hydroxylation is 1. The van der Waals surface area contributed by atoms with Gasteiger partial charge in [-0.2, -0.15) is 0 Å². The van der Waals surface area contributed by atoms with Gasteiger partial charge in [0.2, 0.25) is 0 Å². The number of fused-ring (bicyclic) bond motifs is 1. The van der Waals surface area contributed by atoms with Crippen LogP contribution in [0.2, 0.25) is 0 Å². The van der Waals surface area contributed by atoms with Gasteiger partial charge in [0.15, 0.2) is 0 Å². The van der Waals surface area contributed by atoms with Crippen molar-refractivity contribution in [3.05, 3.63) is 101 Å². The third-order valence-electron chi connectivity index (χ3n) is 5.57. The van der Waals surface area contributed by atoms with Crippen molar-refractivity contribution in [2.45, 2.75) is 33.3 Å². The molecule has 4 rings (SSSR count). The van der Waals surface area contributed by atoms with Crippen molar-refractivity contribution >= 4 is 16.9 Å². The molecular weight excluding hydrogens is 402 g/mol. The molecule has 3 aromatic rings. The molecule has 1 heterocycles. The number of hydrogen-bond donors (Lipinski definition) is 1. The van der Waals surface area contributed by atoms with Crippen LogP contribution in [0.3, 0.4) is 0 Å². The third kappa shape index (κ3) is 4.47. The zero-order valence-corrected chi connectivity index (χ0v) is 18.8. The van der Waals surface area contributed by atoms with Gasteiger partial charge in [0, 0.05) is 11.3 Å². The number of allylic oxidation sites excluding steroid dienone is 3. The van der Waals surface area contributed by atoms with E-state index in [4.69, 9.17) is 14.2 Å². The van der Waals surface area contributed by atoms with Gasteiger partial charge < -0.3 is 19.5 Å². The van der Waals surface area contributed by atoms with E-state index in [9.17, 15) is 4.79 Å². The molecule has 1 N–H and O–H groups in total. The van der Waals surface area contributed by atoms with Crippen molar-refractivity contribution in [3.8, 4) is 5.75 Å². The molecule has 0 fully saturated rings. The molecule has 164 valence electrons. The number of dihydropyridines is 1. The Morgan fingerprint density at radius 2 is 1.72 bits per heavy atom. The average Bonchev–Trinajstić information content (AvgIpc) is 2.79. The molecular formula is C27H27NO4. The minimum Gasteiger partial charge on any atom is -0.489 e. The molecule has 0 bridgehead atoms. The molecule has 0 saturated heterocycles. The van der Waals surface area contributed by atoms with Gasteiger partial charge >= 0.3 is 6.16 Å². The topological polar surface area (TPSA) is 56.8 Å². The van der Waals surface area contributed by atoms with Gasteiger partial charge in [0.25, 0.3) is 0 Å². The number of rotatable bonds is 5. The Morgan fingerprint density at radius 1 is 0.969 bits per heavy atom. The average molecular weight is 430 g/mol. The summed E-state index contributed by atoms with van der Waals surface area (Å²) in [7, 11) is 1.30. The Morgan fingerprint density at radius 3 is 2.47 bits per heavy atom. The van der Waals surface area contributed by atoms with Crippen LogP contribution in [-0.2, 0) is 16.1 Å². The quantitative estimate of drug-likeness (QED) is 0.480. The van der Waals surface area contributed by atoms with Gasteiger partial charge in [0.1, 0.15) is 18.1 Å². The molecule has 0 radical (unpaired) electrons. The number of hydrogen-bond acceptors (Lipinski definition) is 5. The lowest BCUT2D eigenvalue weighted by Crippen LogP contribution is -2.23. The smallest absolute Gasteiger partial charge is 0.489 e. The predicted molar refractivity (Wildman–Crippen MR) is 125 cm³/mol. The summed E-state index contributed by atoms with van der Waals surface area (Å²) >= 11 is 0. The van der Waals surface area contributed by atoms with E-state index in [0.717, 1.165) is 39.0 Å². The number of methoxy groups -OCH3 is 1. The first kappa shape index (κ1) is 21.5. The Kier molecular flexibility index (Phi) is 6.17.